The number of nitrogens with zero attached hydrogens (tertiary/aromatic N) is 3. The summed E-state index contributed by atoms with van der Waals surface area (Å²) in [5.41, 5.74) is 1.22. The van der Waals surface area contributed by atoms with Gasteiger partial charge < -0.3 is 10.2 Å². The molecule has 2 aromatic rings. The molecule has 1 fully saturated rings. The van der Waals surface area contributed by atoms with Gasteiger partial charge in [0.25, 0.3) is 5.69 Å². The van der Waals surface area contributed by atoms with Crippen molar-refractivity contribution in [3.8, 4) is 0 Å². The highest BCUT2D eigenvalue weighted by Gasteiger charge is 2.32. The summed E-state index contributed by atoms with van der Waals surface area (Å²) < 4.78 is 0. The minimum absolute atomic E-state index is 0.0467. The zero-order valence-electron chi connectivity index (χ0n) is 17.1. The summed E-state index contributed by atoms with van der Waals surface area (Å²) in [4.78, 5) is 39.7. The van der Waals surface area contributed by atoms with E-state index in [0.717, 1.165) is 5.56 Å². The van der Waals surface area contributed by atoms with E-state index < -0.39 is 22.9 Å². The van der Waals surface area contributed by atoms with Crippen LogP contribution in [0.4, 0.5) is 16.2 Å². The third kappa shape index (κ3) is 5.50. The van der Waals surface area contributed by atoms with E-state index in [0.29, 0.717) is 43.4 Å². The number of benzene rings is 2. The number of hydrogen-bond acceptors (Lipinski definition) is 6. The van der Waals surface area contributed by atoms with Gasteiger partial charge in [0.1, 0.15) is 11.7 Å². The van der Waals surface area contributed by atoms with Gasteiger partial charge in [0, 0.05) is 43.8 Å². The number of nitrogens with one attached hydrogen (secondary N) is 2. The van der Waals surface area contributed by atoms with Crippen LogP contribution in [0.2, 0.25) is 5.02 Å². The number of imide groups is 1. The maximum atomic E-state index is 12.9. The molecule has 3 amide bonds. The van der Waals surface area contributed by atoms with Gasteiger partial charge in [-0.2, -0.15) is 0 Å². The van der Waals surface area contributed by atoms with E-state index in [1.165, 1.54) is 6.07 Å². The van der Waals surface area contributed by atoms with Crippen molar-refractivity contribution in [1.82, 2.24) is 15.5 Å². The quantitative estimate of drug-likeness (QED) is 0.522. The zero-order valence-corrected chi connectivity index (χ0v) is 17.8. The first-order valence-electron chi connectivity index (χ1n) is 9.97. The molecule has 0 aliphatic carbocycles. The average Bonchev–Trinajstić information content (AvgIpc) is 2.75. The fourth-order valence-corrected chi connectivity index (χ4v) is 3.85. The van der Waals surface area contributed by atoms with Crippen molar-refractivity contribution in [2.75, 3.05) is 37.6 Å². The Kier molecular flexibility index (Phi) is 7.43. The molecule has 3 rings (SSSR count). The molecule has 1 atom stereocenters. The monoisotopic (exact) mass is 445 g/mol. The number of rotatable bonds is 6. The van der Waals surface area contributed by atoms with E-state index in [-0.39, 0.29) is 5.69 Å². The molecule has 0 bridgehead atoms. The third-order valence-electron chi connectivity index (χ3n) is 5.09. The summed E-state index contributed by atoms with van der Waals surface area (Å²) >= 11 is 5.92. The summed E-state index contributed by atoms with van der Waals surface area (Å²) in [6.07, 6.45) is 0. The van der Waals surface area contributed by atoms with Gasteiger partial charge in [0.15, 0.2) is 0 Å². The Hall–Kier alpha value is -3.17. The van der Waals surface area contributed by atoms with Crippen LogP contribution in [-0.4, -0.2) is 54.5 Å². The van der Waals surface area contributed by atoms with Crippen LogP contribution in [0.5, 0.6) is 0 Å². The number of nitro groups is 1. The smallest absolute Gasteiger partial charge is 0.321 e. The normalized spacial score (nSPS) is 15.2. The van der Waals surface area contributed by atoms with Crippen molar-refractivity contribution < 1.29 is 14.5 Å². The van der Waals surface area contributed by atoms with Crippen LogP contribution in [0, 0.1) is 10.1 Å². The van der Waals surface area contributed by atoms with Crippen LogP contribution in [0.25, 0.3) is 0 Å². The largest absolute Gasteiger partial charge is 0.363 e. The lowest BCUT2D eigenvalue weighted by Gasteiger charge is -2.39. The highest BCUT2D eigenvalue weighted by atomic mass is 35.5. The van der Waals surface area contributed by atoms with Gasteiger partial charge in [-0.25, -0.2) is 4.79 Å². The SMILES string of the molecule is CCNC(=O)NC(=O)C(c1ccccc1)N1CCN(c2ccc(Cl)cc2[N+](=O)[O-])CC1. The molecule has 0 aromatic heterocycles. The lowest BCUT2D eigenvalue weighted by molar-refractivity contribution is -0.384. The number of urea groups is 1. The van der Waals surface area contributed by atoms with E-state index in [4.69, 9.17) is 11.6 Å². The number of nitro benzene ring substituents is 1. The van der Waals surface area contributed by atoms with E-state index in [2.05, 4.69) is 10.6 Å². The first-order valence-corrected chi connectivity index (χ1v) is 10.3. The highest BCUT2D eigenvalue weighted by molar-refractivity contribution is 6.30. The molecule has 2 aromatic carbocycles. The Morgan fingerprint density at radius 3 is 2.42 bits per heavy atom. The molecule has 2 N–H and O–H groups in total. The Bertz CT molecular complexity index is 948. The number of halogens is 1. The van der Waals surface area contributed by atoms with Gasteiger partial charge in [0.2, 0.25) is 5.91 Å². The first kappa shape index (κ1) is 22.5. The summed E-state index contributed by atoms with van der Waals surface area (Å²) in [6.45, 7) is 4.13. The third-order valence-corrected chi connectivity index (χ3v) is 5.33. The second-order valence-electron chi connectivity index (χ2n) is 7.08. The molecule has 0 radical (unpaired) electrons. The van der Waals surface area contributed by atoms with Crippen molar-refractivity contribution in [2.45, 2.75) is 13.0 Å². The molecule has 1 saturated heterocycles. The molecule has 1 aliphatic rings. The van der Waals surface area contributed by atoms with Crippen LogP contribution < -0.4 is 15.5 Å². The second kappa shape index (κ2) is 10.2. The highest BCUT2D eigenvalue weighted by Crippen LogP contribution is 2.32. The van der Waals surface area contributed by atoms with Crippen LogP contribution in [-0.2, 0) is 4.79 Å². The topological polar surface area (TPSA) is 108 Å². The molecule has 9 nitrogen and oxygen atoms in total. The van der Waals surface area contributed by atoms with Crippen molar-refractivity contribution in [3.63, 3.8) is 0 Å². The fourth-order valence-electron chi connectivity index (χ4n) is 3.68. The number of carbonyl (C=O) groups is 2. The van der Waals surface area contributed by atoms with Gasteiger partial charge in [0.05, 0.1) is 4.92 Å². The van der Waals surface area contributed by atoms with Gasteiger partial charge in [-0.3, -0.25) is 25.1 Å². The van der Waals surface area contributed by atoms with E-state index in [9.17, 15) is 19.7 Å². The van der Waals surface area contributed by atoms with Crippen LogP contribution in [0.3, 0.4) is 0 Å². The number of hydrogen-bond donors (Lipinski definition) is 2. The minimum Gasteiger partial charge on any atom is -0.363 e. The predicted octanol–water partition coefficient (Wildman–Crippen LogP) is 2.96. The minimum atomic E-state index is -0.647. The second-order valence-corrected chi connectivity index (χ2v) is 7.51. The number of anilines is 1. The standard InChI is InChI=1S/C21H24ClN5O4/c1-2-23-21(29)24-20(28)19(15-6-4-3-5-7-15)26-12-10-25(11-13-26)17-9-8-16(22)14-18(17)27(30)31/h3-9,14,19H,2,10-13H2,1H3,(H2,23,24,28,29). The van der Waals surface area contributed by atoms with Gasteiger partial charge in [-0.05, 0) is 24.6 Å². The van der Waals surface area contributed by atoms with Crippen LogP contribution >= 0.6 is 11.6 Å². The molecule has 1 aliphatic heterocycles. The van der Waals surface area contributed by atoms with Gasteiger partial charge >= 0.3 is 6.03 Å². The maximum Gasteiger partial charge on any atom is 0.321 e. The van der Waals surface area contributed by atoms with Crippen LogP contribution in [0.1, 0.15) is 18.5 Å². The first-order chi connectivity index (χ1) is 14.9. The number of carbonyl (C=O) groups excluding carboxylic acids is 2. The molecule has 164 valence electrons. The summed E-state index contributed by atoms with van der Waals surface area (Å²) in [5.74, 6) is -0.414. The van der Waals surface area contributed by atoms with Crippen LogP contribution in [0.15, 0.2) is 48.5 Å². The molecule has 0 saturated carbocycles. The van der Waals surface area contributed by atoms with Gasteiger partial charge in [-0.15, -0.1) is 0 Å². The average molecular weight is 446 g/mol. The molecular formula is C21H24ClN5O4. The Morgan fingerprint density at radius 1 is 1.13 bits per heavy atom. The molecule has 31 heavy (non-hydrogen) atoms. The van der Waals surface area contributed by atoms with Gasteiger partial charge in [-0.1, -0.05) is 41.9 Å². The molecule has 10 heteroatoms. The fraction of sp³-hybridized carbons (Fsp3) is 0.333. The van der Waals surface area contributed by atoms with Crippen molar-refractivity contribution in [2.24, 2.45) is 0 Å². The molecular weight excluding hydrogens is 422 g/mol. The maximum absolute atomic E-state index is 12.9. The lowest BCUT2D eigenvalue weighted by Crippen LogP contribution is -2.52. The summed E-state index contributed by atoms with van der Waals surface area (Å²) in [5, 5.41) is 16.7. The summed E-state index contributed by atoms with van der Waals surface area (Å²) in [6, 6.07) is 12.7. The Morgan fingerprint density at radius 2 is 1.81 bits per heavy atom. The van der Waals surface area contributed by atoms with E-state index in [1.54, 1.807) is 19.1 Å². The lowest BCUT2D eigenvalue weighted by atomic mass is 10.0. The van der Waals surface area contributed by atoms with E-state index in [1.807, 2.05) is 40.1 Å². The number of amides is 3. The Balaban J connectivity index is 1.77. The molecule has 1 unspecified atom stereocenters. The van der Waals surface area contributed by atoms with Crippen molar-refractivity contribution in [1.29, 1.82) is 0 Å². The Labute approximate surface area is 185 Å². The van der Waals surface area contributed by atoms with Crippen molar-refractivity contribution >= 4 is 34.9 Å². The summed E-state index contributed by atoms with van der Waals surface area (Å²) in [7, 11) is 0. The molecule has 1 heterocycles. The predicted molar refractivity (Wildman–Crippen MR) is 118 cm³/mol. The van der Waals surface area contributed by atoms with E-state index >= 15 is 0 Å². The number of piperazine rings is 1. The zero-order chi connectivity index (χ0) is 22.4. The molecule has 0 spiro atoms. The van der Waals surface area contributed by atoms with Crippen molar-refractivity contribution in [3.05, 3.63) is 69.2 Å².